The number of aryl methyl sites for hydroxylation is 1. The number of carbonyl (C=O) groups excluding carboxylic acids is 3. The Bertz CT molecular complexity index is 865. The average Bonchev–Trinajstić information content (AvgIpc) is 3.14. The van der Waals surface area contributed by atoms with Crippen molar-refractivity contribution in [2.75, 3.05) is 13.7 Å². The number of thioether (sulfide) groups is 1. The largest absolute Gasteiger partial charge is 0.467 e. The Labute approximate surface area is 184 Å². The van der Waals surface area contributed by atoms with Gasteiger partial charge in [-0.15, -0.1) is 23.1 Å². The van der Waals surface area contributed by atoms with Gasteiger partial charge in [-0.05, 0) is 43.5 Å². The summed E-state index contributed by atoms with van der Waals surface area (Å²) in [5.41, 5.74) is 1.38. The van der Waals surface area contributed by atoms with Gasteiger partial charge in [0.05, 0.1) is 23.4 Å². The van der Waals surface area contributed by atoms with Crippen LogP contribution < -0.4 is 5.32 Å². The summed E-state index contributed by atoms with van der Waals surface area (Å²) in [4.78, 5) is 41.4. The van der Waals surface area contributed by atoms with Crippen molar-refractivity contribution in [2.45, 2.75) is 43.9 Å². The average molecular weight is 451 g/mol. The smallest absolute Gasteiger partial charge is 0.338 e. The lowest BCUT2D eigenvalue weighted by Gasteiger charge is -2.18. The Hall–Kier alpha value is -2.39. The topological polar surface area (TPSA) is 94.6 Å². The van der Waals surface area contributed by atoms with Crippen LogP contribution in [-0.4, -0.2) is 42.6 Å². The van der Waals surface area contributed by atoms with Gasteiger partial charge < -0.3 is 14.8 Å². The second kappa shape index (κ2) is 11.7. The minimum Gasteiger partial charge on any atom is -0.467 e. The first kappa shape index (κ1) is 23.9. The number of rotatable bonds is 10. The highest BCUT2D eigenvalue weighted by Gasteiger charge is 2.23. The third-order valence-electron chi connectivity index (χ3n) is 4.01. The number of amides is 1. The highest BCUT2D eigenvalue weighted by Crippen LogP contribution is 2.24. The van der Waals surface area contributed by atoms with Crippen molar-refractivity contribution in [3.63, 3.8) is 0 Å². The molecule has 1 unspecified atom stereocenters. The fraction of sp³-hybridized carbons (Fsp3) is 0.429. The van der Waals surface area contributed by atoms with Crippen LogP contribution in [0.1, 0.15) is 41.3 Å². The number of nitrogens with zero attached hydrogens (tertiary/aromatic N) is 1. The molecule has 0 bridgehead atoms. The van der Waals surface area contributed by atoms with Gasteiger partial charge in [-0.1, -0.05) is 13.8 Å². The lowest BCUT2D eigenvalue weighted by atomic mass is 10.0. The van der Waals surface area contributed by atoms with E-state index in [0.717, 1.165) is 21.3 Å². The van der Waals surface area contributed by atoms with Gasteiger partial charge in [0.1, 0.15) is 6.04 Å². The van der Waals surface area contributed by atoms with Gasteiger partial charge in [-0.2, -0.15) is 0 Å². The van der Waals surface area contributed by atoms with Gasteiger partial charge in [0.2, 0.25) is 0 Å². The molecule has 0 fully saturated rings. The first-order valence-corrected chi connectivity index (χ1v) is 11.3. The number of carbonyl (C=O) groups is 3. The van der Waals surface area contributed by atoms with Gasteiger partial charge in [0.15, 0.2) is 6.61 Å². The van der Waals surface area contributed by atoms with Crippen LogP contribution in [0.4, 0.5) is 0 Å². The predicted octanol–water partition coefficient (Wildman–Crippen LogP) is 3.60. The SMILES string of the molecule is COC(=O)C(CC(C)C)NC(=O)COC(=O)c1ccc(SCc2csc(C)n2)cc1. The van der Waals surface area contributed by atoms with Gasteiger partial charge in [-0.25, -0.2) is 14.6 Å². The standard InChI is InChI=1S/C21H26N2O5S2/c1-13(2)9-18(21(26)27-4)23-19(24)10-28-20(25)15-5-7-17(8-6-15)30-12-16-11-29-14(3)22-16/h5-8,11,13,18H,9-10,12H2,1-4H3,(H,23,24). The van der Waals surface area contributed by atoms with Crippen LogP contribution >= 0.6 is 23.1 Å². The molecule has 0 saturated heterocycles. The number of ether oxygens (including phenoxy) is 2. The Kier molecular flexibility index (Phi) is 9.32. The zero-order valence-corrected chi connectivity index (χ0v) is 19.1. The number of methoxy groups -OCH3 is 1. The molecule has 1 atom stereocenters. The molecule has 30 heavy (non-hydrogen) atoms. The van der Waals surface area contributed by atoms with Crippen LogP contribution in [0.25, 0.3) is 0 Å². The maximum Gasteiger partial charge on any atom is 0.338 e. The Balaban J connectivity index is 1.82. The fourth-order valence-corrected chi connectivity index (χ4v) is 4.11. The Morgan fingerprint density at radius 1 is 1.20 bits per heavy atom. The first-order valence-electron chi connectivity index (χ1n) is 9.46. The van der Waals surface area contributed by atoms with E-state index in [0.29, 0.717) is 12.0 Å². The molecule has 0 aliphatic rings. The summed E-state index contributed by atoms with van der Waals surface area (Å²) in [6.07, 6.45) is 0.436. The Morgan fingerprint density at radius 3 is 2.47 bits per heavy atom. The molecule has 1 N–H and O–H groups in total. The van der Waals surface area contributed by atoms with Crippen molar-refractivity contribution in [3.05, 3.63) is 45.9 Å². The van der Waals surface area contributed by atoms with Gasteiger partial charge in [0, 0.05) is 16.0 Å². The molecule has 0 aliphatic carbocycles. The second-order valence-corrected chi connectivity index (χ2v) is 9.13. The highest BCUT2D eigenvalue weighted by molar-refractivity contribution is 7.98. The van der Waals surface area contributed by atoms with Crippen molar-refractivity contribution in [1.29, 1.82) is 0 Å². The number of hydrogen-bond acceptors (Lipinski definition) is 8. The van der Waals surface area contributed by atoms with Gasteiger partial charge >= 0.3 is 11.9 Å². The summed E-state index contributed by atoms with van der Waals surface area (Å²) in [5, 5.41) is 5.62. The maximum absolute atomic E-state index is 12.2. The quantitative estimate of drug-likeness (QED) is 0.436. The third-order valence-corrected chi connectivity index (χ3v) is 5.87. The van der Waals surface area contributed by atoms with Crippen LogP contribution in [0, 0.1) is 12.8 Å². The van der Waals surface area contributed by atoms with E-state index in [-0.39, 0.29) is 5.92 Å². The predicted molar refractivity (Wildman–Crippen MR) is 117 cm³/mol. The van der Waals surface area contributed by atoms with E-state index in [4.69, 9.17) is 9.47 Å². The van der Waals surface area contributed by atoms with E-state index >= 15 is 0 Å². The molecule has 1 heterocycles. The molecule has 0 saturated carbocycles. The van der Waals surface area contributed by atoms with Crippen LogP contribution in [0.5, 0.6) is 0 Å². The number of esters is 2. The maximum atomic E-state index is 12.2. The molecule has 162 valence electrons. The summed E-state index contributed by atoms with van der Waals surface area (Å²) in [7, 11) is 1.27. The molecule has 1 aromatic heterocycles. The lowest BCUT2D eigenvalue weighted by molar-refractivity contribution is -0.145. The molecule has 2 aromatic rings. The van der Waals surface area contributed by atoms with Crippen LogP contribution in [-0.2, 0) is 24.8 Å². The van der Waals surface area contributed by atoms with Crippen molar-refractivity contribution >= 4 is 40.9 Å². The van der Waals surface area contributed by atoms with E-state index in [1.165, 1.54) is 7.11 Å². The zero-order valence-electron chi connectivity index (χ0n) is 17.5. The van der Waals surface area contributed by atoms with Crippen LogP contribution in [0.3, 0.4) is 0 Å². The van der Waals surface area contributed by atoms with Crippen LogP contribution in [0.2, 0.25) is 0 Å². The molecular formula is C21H26N2O5S2. The van der Waals surface area contributed by atoms with Crippen molar-refractivity contribution in [1.82, 2.24) is 10.3 Å². The summed E-state index contributed by atoms with van der Waals surface area (Å²) < 4.78 is 9.77. The summed E-state index contributed by atoms with van der Waals surface area (Å²) in [5.74, 6) is -0.732. The van der Waals surface area contributed by atoms with E-state index in [1.54, 1.807) is 35.2 Å². The van der Waals surface area contributed by atoms with Crippen LogP contribution in [0.15, 0.2) is 34.5 Å². The molecule has 9 heteroatoms. The van der Waals surface area contributed by atoms with Crippen molar-refractivity contribution in [2.24, 2.45) is 5.92 Å². The third kappa shape index (κ3) is 7.79. The molecule has 1 aromatic carbocycles. The summed E-state index contributed by atoms with van der Waals surface area (Å²) >= 11 is 3.24. The number of aromatic nitrogens is 1. The second-order valence-electron chi connectivity index (χ2n) is 7.02. The normalized spacial score (nSPS) is 11.8. The summed E-state index contributed by atoms with van der Waals surface area (Å²) in [6.45, 7) is 5.37. The van der Waals surface area contributed by atoms with E-state index in [1.807, 2.05) is 38.3 Å². The number of nitrogens with one attached hydrogen (secondary N) is 1. The Morgan fingerprint density at radius 2 is 1.90 bits per heavy atom. The summed E-state index contributed by atoms with van der Waals surface area (Å²) in [6, 6.07) is 6.21. The number of thiazole rings is 1. The molecule has 1 amide bonds. The van der Waals surface area contributed by atoms with E-state index in [9.17, 15) is 14.4 Å². The van der Waals surface area contributed by atoms with Gasteiger partial charge in [-0.3, -0.25) is 4.79 Å². The molecule has 7 nitrogen and oxygen atoms in total. The van der Waals surface area contributed by atoms with Crippen molar-refractivity contribution < 1.29 is 23.9 Å². The molecule has 0 spiro atoms. The lowest BCUT2D eigenvalue weighted by Crippen LogP contribution is -2.44. The zero-order chi connectivity index (χ0) is 22.1. The van der Waals surface area contributed by atoms with E-state index in [2.05, 4.69) is 10.3 Å². The monoisotopic (exact) mass is 450 g/mol. The van der Waals surface area contributed by atoms with Gasteiger partial charge in [0.25, 0.3) is 5.91 Å². The number of hydrogen-bond donors (Lipinski definition) is 1. The minimum atomic E-state index is -0.765. The molecular weight excluding hydrogens is 424 g/mol. The molecule has 2 rings (SSSR count). The fourth-order valence-electron chi connectivity index (χ4n) is 2.60. The first-order chi connectivity index (χ1) is 14.3. The minimum absolute atomic E-state index is 0.188. The molecule has 0 aliphatic heterocycles. The highest BCUT2D eigenvalue weighted by atomic mass is 32.2. The van der Waals surface area contributed by atoms with E-state index < -0.39 is 30.5 Å². The number of benzene rings is 1. The molecule has 0 radical (unpaired) electrons. The van der Waals surface area contributed by atoms with Crippen molar-refractivity contribution in [3.8, 4) is 0 Å².